The Morgan fingerprint density at radius 2 is 1.79 bits per heavy atom. The fourth-order valence-corrected chi connectivity index (χ4v) is 2.12. The molecule has 0 radical (unpaired) electrons. The summed E-state index contributed by atoms with van der Waals surface area (Å²) in [4.78, 5) is 11.4. The van der Waals surface area contributed by atoms with Crippen molar-refractivity contribution in [3.63, 3.8) is 0 Å². The molecule has 0 aliphatic carbocycles. The molecule has 2 rings (SSSR count). The summed E-state index contributed by atoms with van der Waals surface area (Å²) in [6.45, 7) is 2.22. The first-order chi connectivity index (χ1) is 9.20. The Morgan fingerprint density at radius 3 is 2.42 bits per heavy atom. The van der Waals surface area contributed by atoms with E-state index >= 15 is 0 Å². The topological polar surface area (TPSA) is 26.3 Å². The summed E-state index contributed by atoms with van der Waals surface area (Å²) in [5.41, 5.74) is 2.97. The van der Waals surface area contributed by atoms with Gasteiger partial charge in [-0.05, 0) is 24.1 Å². The molecule has 0 saturated carbocycles. The molecule has 19 heavy (non-hydrogen) atoms. The smallest absolute Gasteiger partial charge is 0.310 e. The summed E-state index contributed by atoms with van der Waals surface area (Å²) in [5, 5.41) is 0.723. The van der Waals surface area contributed by atoms with Crippen molar-refractivity contribution in [1.29, 1.82) is 0 Å². The van der Waals surface area contributed by atoms with E-state index in [1.54, 1.807) is 6.92 Å². The second-order valence-corrected chi connectivity index (χ2v) is 4.57. The van der Waals surface area contributed by atoms with E-state index in [-0.39, 0.29) is 5.97 Å². The number of halogens is 1. The standard InChI is InChI=1S/C16H15ClO2/c1-2-19-16(18)11-12-7-9-13(10-8-12)14-5-3-4-6-15(14)17/h3-10H,2,11H2,1H3. The number of benzene rings is 2. The van der Waals surface area contributed by atoms with Crippen LogP contribution < -0.4 is 0 Å². The van der Waals surface area contributed by atoms with Gasteiger partial charge in [0.2, 0.25) is 0 Å². The van der Waals surface area contributed by atoms with Crippen molar-refractivity contribution < 1.29 is 9.53 Å². The molecule has 0 aliphatic rings. The molecule has 0 bridgehead atoms. The Hall–Kier alpha value is -1.80. The number of esters is 1. The zero-order chi connectivity index (χ0) is 13.7. The molecule has 0 N–H and O–H groups in total. The van der Waals surface area contributed by atoms with Crippen LogP contribution in [0, 0.1) is 0 Å². The van der Waals surface area contributed by atoms with Gasteiger partial charge in [-0.1, -0.05) is 54.1 Å². The number of hydrogen-bond acceptors (Lipinski definition) is 2. The second kappa shape index (κ2) is 6.39. The number of rotatable bonds is 4. The summed E-state index contributed by atoms with van der Waals surface area (Å²) >= 11 is 6.15. The van der Waals surface area contributed by atoms with Gasteiger partial charge in [0.15, 0.2) is 0 Å². The van der Waals surface area contributed by atoms with E-state index in [9.17, 15) is 4.79 Å². The van der Waals surface area contributed by atoms with Crippen molar-refractivity contribution in [2.24, 2.45) is 0 Å². The van der Waals surface area contributed by atoms with E-state index in [2.05, 4.69) is 0 Å². The largest absolute Gasteiger partial charge is 0.466 e. The van der Waals surface area contributed by atoms with Crippen LogP contribution in [-0.2, 0) is 16.0 Å². The van der Waals surface area contributed by atoms with E-state index in [0.29, 0.717) is 13.0 Å². The molecular formula is C16H15ClO2. The monoisotopic (exact) mass is 274 g/mol. The normalized spacial score (nSPS) is 10.2. The predicted octanol–water partition coefficient (Wildman–Crippen LogP) is 4.11. The van der Waals surface area contributed by atoms with Crippen molar-refractivity contribution >= 4 is 17.6 Å². The molecule has 2 aromatic carbocycles. The van der Waals surface area contributed by atoms with Crippen LogP contribution in [0.3, 0.4) is 0 Å². The van der Waals surface area contributed by atoms with E-state index < -0.39 is 0 Å². The molecule has 0 saturated heterocycles. The highest BCUT2D eigenvalue weighted by molar-refractivity contribution is 6.33. The average molecular weight is 275 g/mol. The first-order valence-electron chi connectivity index (χ1n) is 6.20. The summed E-state index contributed by atoms with van der Waals surface area (Å²) < 4.78 is 4.92. The fourth-order valence-electron chi connectivity index (χ4n) is 1.88. The Morgan fingerprint density at radius 1 is 1.11 bits per heavy atom. The van der Waals surface area contributed by atoms with Crippen LogP contribution in [-0.4, -0.2) is 12.6 Å². The van der Waals surface area contributed by atoms with Crippen LogP contribution in [0.15, 0.2) is 48.5 Å². The Labute approximate surface area is 118 Å². The molecule has 0 atom stereocenters. The maximum absolute atomic E-state index is 11.4. The quantitative estimate of drug-likeness (QED) is 0.784. The molecule has 0 fully saturated rings. The molecule has 0 amide bonds. The van der Waals surface area contributed by atoms with E-state index in [1.807, 2.05) is 48.5 Å². The predicted molar refractivity (Wildman–Crippen MR) is 77.2 cm³/mol. The van der Waals surface area contributed by atoms with Crippen molar-refractivity contribution in [3.8, 4) is 11.1 Å². The summed E-state index contributed by atoms with van der Waals surface area (Å²) in [7, 11) is 0. The molecule has 2 nitrogen and oxygen atoms in total. The van der Waals surface area contributed by atoms with Crippen LogP contribution >= 0.6 is 11.6 Å². The van der Waals surface area contributed by atoms with E-state index in [1.165, 1.54) is 0 Å². The second-order valence-electron chi connectivity index (χ2n) is 4.16. The lowest BCUT2D eigenvalue weighted by atomic mass is 10.0. The van der Waals surface area contributed by atoms with Crippen molar-refractivity contribution in [2.75, 3.05) is 6.61 Å². The van der Waals surface area contributed by atoms with Crippen molar-refractivity contribution in [1.82, 2.24) is 0 Å². The van der Waals surface area contributed by atoms with Crippen LogP contribution in [0.2, 0.25) is 5.02 Å². The minimum absolute atomic E-state index is 0.201. The van der Waals surface area contributed by atoms with Gasteiger partial charge in [-0.3, -0.25) is 4.79 Å². The zero-order valence-corrected chi connectivity index (χ0v) is 11.5. The average Bonchev–Trinajstić information content (AvgIpc) is 2.41. The molecule has 3 heteroatoms. The Balaban J connectivity index is 2.15. The van der Waals surface area contributed by atoms with Gasteiger partial charge < -0.3 is 4.74 Å². The lowest BCUT2D eigenvalue weighted by Gasteiger charge is -2.06. The van der Waals surface area contributed by atoms with Gasteiger partial charge in [-0.25, -0.2) is 0 Å². The molecule has 2 aromatic rings. The third-order valence-electron chi connectivity index (χ3n) is 2.79. The SMILES string of the molecule is CCOC(=O)Cc1ccc(-c2ccccc2Cl)cc1. The highest BCUT2D eigenvalue weighted by atomic mass is 35.5. The van der Waals surface area contributed by atoms with Crippen LogP contribution in [0.4, 0.5) is 0 Å². The number of carbonyl (C=O) groups is 1. The number of ether oxygens (including phenoxy) is 1. The molecule has 0 heterocycles. The van der Waals surface area contributed by atoms with Crippen LogP contribution in [0.25, 0.3) is 11.1 Å². The highest BCUT2D eigenvalue weighted by Gasteiger charge is 2.05. The molecule has 0 unspecified atom stereocenters. The van der Waals surface area contributed by atoms with Crippen molar-refractivity contribution in [3.05, 3.63) is 59.1 Å². The summed E-state index contributed by atoms with van der Waals surface area (Å²) in [6.07, 6.45) is 0.302. The third-order valence-corrected chi connectivity index (χ3v) is 3.12. The lowest BCUT2D eigenvalue weighted by molar-refractivity contribution is -0.142. The van der Waals surface area contributed by atoms with Gasteiger partial charge in [0.05, 0.1) is 13.0 Å². The van der Waals surface area contributed by atoms with Gasteiger partial charge in [0.1, 0.15) is 0 Å². The molecule has 0 aromatic heterocycles. The Kier molecular flexibility index (Phi) is 4.58. The first kappa shape index (κ1) is 13.6. The first-order valence-corrected chi connectivity index (χ1v) is 6.58. The van der Waals surface area contributed by atoms with Gasteiger partial charge in [0.25, 0.3) is 0 Å². The minimum Gasteiger partial charge on any atom is -0.466 e. The van der Waals surface area contributed by atoms with Crippen LogP contribution in [0.5, 0.6) is 0 Å². The van der Waals surface area contributed by atoms with Gasteiger partial charge in [-0.15, -0.1) is 0 Å². The Bertz CT molecular complexity index is 561. The van der Waals surface area contributed by atoms with Crippen LogP contribution in [0.1, 0.15) is 12.5 Å². The highest BCUT2D eigenvalue weighted by Crippen LogP contribution is 2.27. The van der Waals surface area contributed by atoms with Gasteiger partial charge in [0, 0.05) is 10.6 Å². The number of carbonyl (C=O) groups excluding carboxylic acids is 1. The van der Waals surface area contributed by atoms with Gasteiger partial charge in [-0.2, -0.15) is 0 Å². The molecular weight excluding hydrogens is 260 g/mol. The third kappa shape index (κ3) is 3.58. The van der Waals surface area contributed by atoms with E-state index in [0.717, 1.165) is 21.7 Å². The minimum atomic E-state index is -0.201. The molecule has 0 aliphatic heterocycles. The summed E-state index contributed by atoms with van der Waals surface area (Å²) in [6, 6.07) is 15.5. The molecule has 0 spiro atoms. The van der Waals surface area contributed by atoms with E-state index in [4.69, 9.17) is 16.3 Å². The lowest BCUT2D eigenvalue weighted by Crippen LogP contribution is -2.07. The zero-order valence-electron chi connectivity index (χ0n) is 10.7. The maximum atomic E-state index is 11.4. The maximum Gasteiger partial charge on any atom is 0.310 e. The number of hydrogen-bond donors (Lipinski definition) is 0. The fraction of sp³-hybridized carbons (Fsp3) is 0.188. The van der Waals surface area contributed by atoms with Gasteiger partial charge >= 0.3 is 5.97 Å². The molecule has 98 valence electrons. The summed E-state index contributed by atoms with van der Waals surface area (Å²) in [5.74, 6) is -0.201. The van der Waals surface area contributed by atoms with Crippen molar-refractivity contribution in [2.45, 2.75) is 13.3 Å².